The van der Waals surface area contributed by atoms with Crippen LogP contribution in [0.5, 0.6) is 0 Å². The smallest absolute Gasteiger partial charge is 0.222 e. The Morgan fingerprint density at radius 3 is 2.80 bits per heavy atom. The van der Waals surface area contributed by atoms with Crippen LogP contribution in [0, 0.1) is 12.8 Å². The van der Waals surface area contributed by atoms with Crippen LogP contribution >= 0.6 is 0 Å². The first-order valence-corrected chi connectivity index (χ1v) is 8.99. The third-order valence-electron chi connectivity index (χ3n) is 5.30. The molecule has 7 nitrogen and oxygen atoms in total. The molecule has 1 spiro atoms. The van der Waals surface area contributed by atoms with E-state index in [1.807, 2.05) is 37.2 Å². The van der Waals surface area contributed by atoms with Crippen molar-refractivity contribution in [2.24, 2.45) is 13.0 Å². The summed E-state index contributed by atoms with van der Waals surface area (Å²) >= 11 is 0. The van der Waals surface area contributed by atoms with Gasteiger partial charge in [-0.05, 0) is 31.2 Å². The van der Waals surface area contributed by atoms with Crippen molar-refractivity contribution >= 4 is 5.95 Å². The standard InChI is InChI=1S/C18H26N6O/c1-14-7-20-17(21-8-14)19-5-3-16-4-6-25-18(16)12-24(13-18)11-15-9-22-23(2)10-15/h7-10,16H,3-6,11-13H2,1-2H3,(H,19,20,21)/t16-/m0/s1. The van der Waals surface area contributed by atoms with Crippen LogP contribution in [0.2, 0.25) is 0 Å². The minimum absolute atomic E-state index is 0.0536. The molecular formula is C18H26N6O. The highest BCUT2D eigenvalue weighted by Gasteiger charge is 2.52. The quantitative estimate of drug-likeness (QED) is 0.860. The highest BCUT2D eigenvalue weighted by atomic mass is 16.5. The lowest BCUT2D eigenvalue weighted by molar-refractivity contribution is -0.136. The Kier molecular flexibility index (Phi) is 4.43. The summed E-state index contributed by atoms with van der Waals surface area (Å²) in [5, 5.41) is 7.58. The summed E-state index contributed by atoms with van der Waals surface area (Å²) < 4.78 is 8.02. The van der Waals surface area contributed by atoms with Crippen LogP contribution in [-0.2, 0) is 18.3 Å². The van der Waals surface area contributed by atoms with Gasteiger partial charge >= 0.3 is 0 Å². The van der Waals surface area contributed by atoms with E-state index in [2.05, 4.69) is 31.5 Å². The van der Waals surface area contributed by atoms with E-state index in [0.29, 0.717) is 11.9 Å². The van der Waals surface area contributed by atoms with Crippen LogP contribution in [0.1, 0.15) is 24.0 Å². The van der Waals surface area contributed by atoms with E-state index in [4.69, 9.17) is 4.74 Å². The molecule has 0 saturated carbocycles. The molecule has 1 atom stereocenters. The van der Waals surface area contributed by atoms with Crippen LogP contribution < -0.4 is 5.32 Å². The molecule has 0 aromatic carbocycles. The van der Waals surface area contributed by atoms with Gasteiger partial charge in [0, 0.05) is 64.0 Å². The van der Waals surface area contributed by atoms with E-state index < -0.39 is 0 Å². The minimum Gasteiger partial charge on any atom is -0.372 e. The molecule has 0 aliphatic carbocycles. The third kappa shape index (κ3) is 3.52. The topological polar surface area (TPSA) is 68.1 Å². The SMILES string of the molecule is Cc1cnc(NCC[C@H]2CCOC23CN(Cc2cnn(C)c2)C3)nc1. The third-order valence-corrected chi connectivity index (χ3v) is 5.30. The van der Waals surface area contributed by atoms with Crippen molar-refractivity contribution in [3.63, 3.8) is 0 Å². The zero-order valence-electron chi connectivity index (χ0n) is 15.0. The normalized spacial score (nSPS) is 22.2. The van der Waals surface area contributed by atoms with Crippen LogP contribution in [0.15, 0.2) is 24.8 Å². The Labute approximate surface area is 148 Å². The Balaban J connectivity index is 1.26. The number of aromatic nitrogens is 4. The minimum atomic E-state index is 0.0536. The largest absolute Gasteiger partial charge is 0.372 e. The molecule has 1 N–H and O–H groups in total. The van der Waals surface area contributed by atoms with Crippen molar-refractivity contribution < 1.29 is 4.74 Å². The van der Waals surface area contributed by atoms with E-state index in [-0.39, 0.29) is 5.60 Å². The summed E-state index contributed by atoms with van der Waals surface area (Å²) in [5.41, 5.74) is 2.40. The number of ether oxygens (including phenoxy) is 1. The number of hydrogen-bond donors (Lipinski definition) is 1. The van der Waals surface area contributed by atoms with Gasteiger partial charge in [-0.3, -0.25) is 9.58 Å². The first-order valence-electron chi connectivity index (χ1n) is 8.99. The number of nitrogens with one attached hydrogen (secondary N) is 1. The second-order valence-corrected chi connectivity index (χ2v) is 7.37. The van der Waals surface area contributed by atoms with E-state index in [1.165, 1.54) is 5.56 Å². The van der Waals surface area contributed by atoms with Gasteiger partial charge in [-0.25, -0.2) is 9.97 Å². The van der Waals surface area contributed by atoms with Gasteiger partial charge in [0.25, 0.3) is 0 Å². The fourth-order valence-corrected chi connectivity index (χ4v) is 4.02. The fourth-order valence-electron chi connectivity index (χ4n) is 4.02. The van der Waals surface area contributed by atoms with Crippen LogP contribution in [0.25, 0.3) is 0 Å². The second kappa shape index (κ2) is 6.72. The molecule has 4 rings (SSSR count). The van der Waals surface area contributed by atoms with Crippen LogP contribution in [0.4, 0.5) is 5.95 Å². The summed E-state index contributed by atoms with van der Waals surface area (Å²) in [4.78, 5) is 11.1. The summed E-state index contributed by atoms with van der Waals surface area (Å²) in [7, 11) is 1.96. The van der Waals surface area contributed by atoms with Gasteiger partial charge in [-0.1, -0.05) is 0 Å². The van der Waals surface area contributed by atoms with Crippen molar-refractivity contribution in [1.29, 1.82) is 0 Å². The van der Waals surface area contributed by atoms with E-state index >= 15 is 0 Å². The van der Waals surface area contributed by atoms with Crippen molar-refractivity contribution in [2.45, 2.75) is 31.9 Å². The Bertz CT molecular complexity index is 707. The molecule has 2 aromatic heterocycles. The Morgan fingerprint density at radius 1 is 1.28 bits per heavy atom. The summed E-state index contributed by atoms with van der Waals surface area (Å²) in [5.74, 6) is 1.32. The average Bonchev–Trinajstić information content (AvgIpc) is 3.16. The molecule has 0 bridgehead atoms. The molecule has 4 heterocycles. The molecule has 0 radical (unpaired) electrons. The summed E-state index contributed by atoms with van der Waals surface area (Å²) in [6.07, 6.45) is 9.97. The molecule has 7 heteroatoms. The van der Waals surface area contributed by atoms with Crippen molar-refractivity contribution in [1.82, 2.24) is 24.6 Å². The molecule has 0 amide bonds. The maximum Gasteiger partial charge on any atom is 0.222 e. The van der Waals surface area contributed by atoms with Crippen molar-refractivity contribution in [2.75, 3.05) is 31.6 Å². The lowest BCUT2D eigenvalue weighted by Crippen LogP contribution is -2.64. The number of anilines is 1. The highest BCUT2D eigenvalue weighted by Crippen LogP contribution is 2.42. The maximum absolute atomic E-state index is 6.16. The van der Waals surface area contributed by atoms with Crippen molar-refractivity contribution in [3.8, 4) is 0 Å². The Morgan fingerprint density at radius 2 is 2.08 bits per heavy atom. The summed E-state index contributed by atoms with van der Waals surface area (Å²) in [6.45, 7) is 6.77. The lowest BCUT2D eigenvalue weighted by Gasteiger charge is -2.50. The summed E-state index contributed by atoms with van der Waals surface area (Å²) in [6, 6.07) is 0. The molecule has 2 aliphatic rings. The molecule has 2 saturated heterocycles. The van der Waals surface area contributed by atoms with Crippen molar-refractivity contribution in [3.05, 3.63) is 35.9 Å². The molecule has 2 fully saturated rings. The van der Waals surface area contributed by atoms with Crippen LogP contribution in [0.3, 0.4) is 0 Å². The molecule has 25 heavy (non-hydrogen) atoms. The maximum atomic E-state index is 6.16. The van der Waals surface area contributed by atoms with Gasteiger partial charge < -0.3 is 10.1 Å². The Hall–Kier alpha value is -1.99. The molecular weight excluding hydrogens is 316 g/mol. The van der Waals surface area contributed by atoms with E-state index in [1.54, 1.807) is 0 Å². The van der Waals surface area contributed by atoms with Gasteiger partial charge in [0.1, 0.15) is 0 Å². The van der Waals surface area contributed by atoms with Gasteiger partial charge in [-0.2, -0.15) is 5.10 Å². The van der Waals surface area contributed by atoms with Crippen LogP contribution in [-0.4, -0.2) is 56.5 Å². The van der Waals surface area contributed by atoms with Gasteiger partial charge in [0.2, 0.25) is 5.95 Å². The molecule has 2 aromatic rings. The predicted molar refractivity (Wildman–Crippen MR) is 95.2 cm³/mol. The van der Waals surface area contributed by atoms with Gasteiger partial charge in [-0.15, -0.1) is 0 Å². The number of hydrogen-bond acceptors (Lipinski definition) is 6. The zero-order valence-corrected chi connectivity index (χ0v) is 15.0. The second-order valence-electron chi connectivity index (χ2n) is 7.37. The molecule has 0 unspecified atom stereocenters. The number of nitrogens with zero attached hydrogens (tertiary/aromatic N) is 5. The zero-order chi connectivity index (χ0) is 17.3. The highest BCUT2D eigenvalue weighted by molar-refractivity contribution is 5.24. The number of rotatable bonds is 6. The van der Waals surface area contributed by atoms with E-state index in [9.17, 15) is 0 Å². The van der Waals surface area contributed by atoms with Gasteiger partial charge in [0.15, 0.2) is 0 Å². The van der Waals surface area contributed by atoms with E-state index in [0.717, 1.165) is 51.2 Å². The number of likely N-dealkylation sites (tertiary alicyclic amines) is 1. The number of aryl methyl sites for hydroxylation is 2. The average molecular weight is 342 g/mol. The monoisotopic (exact) mass is 342 g/mol. The predicted octanol–water partition coefficient (Wildman–Crippen LogP) is 1.61. The first-order chi connectivity index (χ1) is 12.1. The lowest BCUT2D eigenvalue weighted by atomic mass is 9.79. The molecule has 134 valence electrons. The fraction of sp³-hybridized carbons (Fsp3) is 0.611. The first kappa shape index (κ1) is 16.5. The molecule has 2 aliphatic heterocycles. The van der Waals surface area contributed by atoms with Gasteiger partial charge in [0.05, 0.1) is 11.8 Å².